The lowest BCUT2D eigenvalue weighted by molar-refractivity contribution is -0.142. The van der Waals surface area contributed by atoms with Gasteiger partial charge in [-0.05, 0) is 13.8 Å². The number of carbonyl (C=O) groups is 1. The second-order valence-corrected chi connectivity index (χ2v) is 5.22. The minimum absolute atomic E-state index is 0.220. The lowest BCUT2D eigenvalue weighted by atomic mass is 10.2. The molecule has 0 saturated carbocycles. The minimum Gasteiger partial charge on any atom is -0.466 e. The molecule has 2 aromatic rings. The van der Waals surface area contributed by atoms with E-state index in [-0.39, 0.29) is 12.4 Å². The number of aryl methyl sites for hydroxylation is 1. The number of nitrogens with zero attached hydrogens (tertiary/aromatic N) is 3. The van der Waals surface area contributed by atoms with Crippen molar-refractivity contribution < 1.29 is 9.53 Å². The number of esters is 1. The molecule has 7 heteroatoms. The summed E-state index contributed by atoms with van der Waals surface area (Å²) in [6.45, 7) is 4.89. The van der Waals surface area contributed by atoms with E-state index in [0.717, 1.165) is 22.1 Å². The Balaban J connectivity index is 1.90. The summed E-state index contributed by atoms with van der Waals surface area (Å²) in [7, 11) is 1.92. The molecule has 2 aromatic heterocycles. The first-order valence-corrected chi connectivity index (χ1v) is 7.29. The molecule has 0 aliphatic carbocycles. The van der Waals surface area contributed by atoms with E-state index in [9.17, 15) is 4.79 Å². The SMILES string of the molecule is CCOC(=O)Cc1csc(NCc2cnn(C)c2C)n1. The fourth-order valence-corrected chi connectivity index (χ4v) is 2.43. The molecule has 20 heavy (non-hydrogen) atoms. The Morgan fingerprint density at radius 2 is 2.35 bits per heavy atom. The van der Waals surface area contributed by atoms with Crippen LogP contribution in [-0.4, -0.2) is 27.3 Å². The van der Waals surface area contributed by atoms with Crippen LogP contribution < -0.4 is 5.32 Å². The number of hydrogen-bond donors (Lipinski definition) is 1. The number of rotatable bonds is 6. The van der Waals surface area contributed by atoms with Gasteiger partial charge < -0.3 is 10.1 Å². The van der Waals surface area contributed by atoms with Crippen molar-refractivity contribution in [3.05, 3.63) is 28.5 Å². The van der Waals surface area contributed by atoms with Gasteiger partial charge in [-0.15, -0.1) is 11.3 Å². The molecule has 0 fully saturated rings. The number of hydrogen-bond acceptors (Lipinski definition) is 6. The maximum Gasteiger partial charge on any atom is 0.311 e. The normalized spacial score (nSPS) is 10.6. The molecule has 0 atom stereocenters. The van der Waals surface area contributed by atoms with Gasteiger partial charge in [0.1, 0.15) is 0 Å². The summed E-state index contributed by atoms with van der Waals surface area (Å²) in [6.07, 6.45) is 2.06. The first kappa shape index (κ1) is 14.5. The van der Waals surface area contributed by atoms with Crippen LogP contribution in [0.5, 0.6) is 0 Å². The van der Waals surface area contributed by atoms with Gasteiger partial charge in [0.05, 0.1) is 24.9 Å². The van der Waals surface area contributed by atoms with Gasteiger partial charge in [0.25, 0.3) is 0 Å². The third kappa shape index (κ3) is 3.57. The monoisotopic (exact) mass is 294 g/mol. The molecular formula is C13H18N4O2S. The van der Waals surface area contributed by atoms with E-state index in [2.05, 4.69) is 15.4 Å². The highest BCUT2D eigenvalue weighted by atomic mass is 32.1. The van der Waals surface area contributed by atoms with Crippen LogP contribution in [-0.2, 0) is 29.5 Å². The van der Waals surface area contributed by atoms with Crippen molar-refractivity contribution >= 4 is 22.4 Å². The van der Waals surface area contributed by atoms with Gasteiger partial charge in [-0.25, -0.2) is 4.98 Å². The van der Waals surface area contributed by atoms with Gasteiger partial charge in [-0.1, -0.05) is 0 Å². The van der Waals surface area contributed by atoms with Crippen LogP contribution in [0.3, 0.4) is 0 Å². The summed E-state index contributed by atoms with van der Waals surface area (Å²) < 4.78 is 6.74. The molecule has 2 heterocycles. The van der Waals surface area contributed by atoms with Crippen molar-refractivity contribution in [2.75, 3.05) is 11.9 Å². The number of aromatic nitrogens is 3. The molecule has 0 aromatic carbocycles. The molecule has 0 aliphatic rings. The van der Waals surface area contributed by atoms with Gasteiger partial charge in [-0.3, -0.25) is 9.48 Å². The summed E-state index contributed by atoms with van der Waals surface area (Å²) in [4.78, 5) is 15.7. The number of thiazole rings is 1. The summed E-state index contributed by atoms with van der Waals surface area (Å²) >= 11 is 1.48. The minimum atomic E-state index is -0.243. The second kappa shape index (κ2) is 6.51. The lowest BCUT2D eigenvalue weighted by Crippen LogP contribution is -2.08. The van der Waals surface area contributed by atoms with Crippen molar-refractivity contribution in [3.8, 4) is 0 Å². The van der Waals surface area contributed by atoms with E-state index in [1.165, 1.54) is 11.3 Å². The zero-order valence-corrected chi connectivity index (χ0v) is 12.7. The van der Waals surface area contributed by atoms with Crippen LogP contribution in [0.2, 0.25) is 0 Å². The molecule has 2 rings (SSSR count). The van der Waals surface area contributed by atoms with Crippen LogP contribution in [0.15, 0.2) is 11.6 Å². The van der Waals surface area contributed by atoms with E-state index < -0.39 is 0 Å². The number of carbonyl (C=O) groups excluding carboxylic acids is 1. The number of nitrogens with one attached hydrogen (secondary N) is 1. The molecule has 0 saturated heterocycles. The van der Waals surface area contributed by atoms with E-state index in [1.807, 2.05) is 30.2 Å². The largest absolute Gasteiger partial charge is 0.466 e. The fourth-order valence-electron chi connectivity index (χ4n) is 1.72. The Morgan fingerprint density at radius 1 is 1.55 bits per heavy atom. The molecular weight excluding hydrogens is 276 g/mol. The maximum absolute atomic E-state index is 11.4. The van der Waals surface area contributed by atoms with Crippen molar-refractivity contribution in [1.82, 2.24) is 14.8 Å². The zero-order valence-electron chi connectivity index (χ0n) is 11.8. The quantitative estimate of drug-likeness (QED) is 0.824. The molecule has 0 bridgehead atoms. The van der Waals surface area contributed by atoms with Crippen LogP contribution in [0.4, 0.5) is 5.13 Å². The fraction of sp³-hybridized carbons (Fsp3) is 0.462. The van der Waals surface area contributed by atoms with Crippen LogP contribution in [0.25, 0.3) is 0 Å². The summed E-state index contributed by atoms with van der Waals surface area (Å²) in [5.74, 6) is -0.243. The van der Waals surface area contributed by atoms with Gasteiger partial charge >= 0.3 is 5.97 Å². The van der Waals surface area contributed by atoms with Crippen LogP contribution in [0.1, 0.15) is 23.9 Å². The van der Waals surface area contributed by atoms with Crippen molar-refractivity contribution in [3.63, 3.8) is 0 Å². The first-order chi connectivity index (χ1) is 9.60. The van der Waals surface area contributed by atoms with Gasteiger partial charge in [0.15, 0.2) is 5.13 Å². The second-order valence-electron chi connectivity index (χ2n) is 4.36. The Kier molecular flexibility index (Phi) is 4.73. The molecule has 108 valence electrons. The Morgan fingerprint density at radius 3 is 3.00 bits per heavy atom. The molecule has 0 amide bonds. The predicted octanol–water partition coefficient (Wildman–Crippen LogP) is 1.90. The Bertz CT molecular complexity index is 591. The highest BCUT2D eigenvalue weighted by Gasteiger charge is 2.09. The summed E-state index contributed by atoms with van der Waals surface area (Å²) in [6, 6.07) is 0. The molecule has 6 nitrogen and oxygen atoms in total. The molecule has 0 aliphatic heterocycles. The van der Waals surface area contributed by atoms with E-state index in [1.54, 1.807) is 6.92 Å². The van der Waals surface area contributed by atoms with Crippen molar-refractivity contribution in [1.29, 1.82) is 0 Å². The first-order valence-electron chi connectivity index (χ1n) is 6.41. The van der Waals surface area contributed by atoms with Gasteiger partial charge in [0.2, 0.25) is 0 Å². The molecule has 0 spiro atoms. The third-order valence-electron chi connectivity index (χ3n) is 2.95. The molecule has 1 N–H and O–H groups in total. The van der Waals surface area contributed by atoms with Crippen molar-refractivity contribution in [2.24, 2.45) is 7.05 Å². The number of anilines is 1. The van der Waals surface area contributed by atoms with E-state index >= 15 is 0 Å². The topological polar surface area (TPSA) is 69.0 Å². The lowest BCUT2D eigenvalue weighted by Gasteiger charge is -2.02. The standard InChI is InChI=1S/C13H18N4O2S/c1-4-19-12(18)5-11-8-20-13(16-11)14-6-10-7-15-17(3)9(10)2/h7-8H,4-6H2,1-3H3,(H,14,16). The Hall–Kier alpha value is -1.89. The molecule has 0 radical (unpaired) electrons. The third-order valence-corrected chi connectivity index (χ3v) is 3.80. The predicted molar refractivity (Wildman–Crippen MR) is 77.7 cm³/mol. The highest BCUT2D eigenvalue weighted by Crippen LogP contribution is 2.17. The van der Waals surface area contributed by atoms with E-state index in [4.69, 9.17) is 4.74 Å². The summed E-state index contributed by atoms with van der Waals surface area (Å²) in [5.41, 5.74) is 2.99. The highest BCUT2D eigenvalue weighted by molar-refractivity contribution is 7.13. The zero-order chi connectivity index (χ0) is 14.5. The van der Waals surface area contributed by atoms with Gasteiger partial charge in [-0.2, -0.15) is 5.10 Å². The van der Waals surface area contributed by atoms with Crippen LogP contribution >= 0.6 is 11.3 Å². The number of ether oxygens (including phenoxy) is 1. The van der Waals surface area contributed by atoms with Crippen molar-refractivity contribution in [2.45, 2.75) is 26.8 Å². The van der Waals surface area contributed by atoms with Gasteiger partial charge in [0, 0.05) is 30.2 Å². The Labute approximate surface area is 121 Å². The summed E-state index contributed by atoms with van der Waals surface area (Å²) in [5, 5.41) is 10.1. The average Bonchev–Trinajstić information content (AvgIpc) is 2.97. The van der Waals surface area contributed by atoms with Crippen LogP contribution in [0, 0.1) is 6.92 Å². The maximum atomic E-state index is 11.4. The van der Waals surface area contributed by atoms with E-state index in [0.29, 0.717) is 13.2 Å². The molecule has 0 unspecified atom stereocenters. The average molecular weight is 294 g/mol. The smallest absolute Gasteiger partial charge is 0.311 e.